The summed E-state index contributed by atoms with van der Waals surface area (Å²) in [4.78, 5) is 13.6. The minimum absolute atomic E-state index is 0.117. The minimum atomic E-state index is -0.341. The van der Waals surface area contributed by atoms with Crippen LogP contribution in [-0.2, 0) is 4.79 Å². The maximum absolute atomic E-state index is 11.7. The van der Waals surface area contributed by atoms with Crippen LogP contribution < -0.4 is 5.73 Å². The molecule has 3 nitrogen and oxygen atoms in total. The van der Waals surface area contributed by atoms with Crippen LogP contribution in [-0.4, -0.2) is 29.4 Å². The summed E-state index contributed by atoms with van der Waals surface area (Å²) in [6.45, 7) is 4.81. The van der Waals surface area contributed by atoms with Gasteiger partial charge in [0.15, 0.2) is 0 Å². The van der Waals surface area contributed by atoms with Gasteiger partial charge in [-0.1, -0.05) is 6.92 Å². The van der Waals surface area contributed by atoms with E-state index in [9.17, 15) is 4.79 Å². The van der Waals surface area contributed by atoms with Crippen molar-refractivity contribution in [1.29, 1.82) is 0 Å². The fourth-order valence-corrected chi connectivity index (χ4v) is 1.98. The molecule has 1 saturated heterocycles. The second kappa shape index (κ2) is 4.61. The van der Waals surface area contributed by atoms with Crippen LogP contribution in [0.5, 0.6) is 0 Å². The molecule has 0 aliphatic carbocycles. The maximum Gasteiger partial charge on any atom is 0.239 e. The second-order valence-corrected chi connectivity index (χ2v) is 3.88. The average molecular weight is 184 g/mol. The van der Waals surface area contributed by atoms with Crippen molar-refractivity contribution in [3.05, 3.63) is 0 Å². The summed E-state index contributed by atoms with van der Waals surface area (Å²) in [6.07, 6.45) is 4.59. The summed E-state index contributed by atoms with van der Waals surface area (Å²) in [7, 11) is 0. The van der Waals surface area contributed by atoms with Crippen LogP contribution >= 0.6 is 0 Å². The van der Waals surface area contributed by atoms with E-state index in [0.717, 1.165) is 25.8 Å². The summed E-state index contributed by atoms with van der Waals surface area (Å²) in [5.74, 6) is 0.117. The predicted molar refractivity (Wildman–Crippen MR) is 53.3 cm³/mol. The van der Waals surface area contributed by atoms with Gasteiger partial charge in [0.2, 0.25) is 5.91 Å². The van der Waals surface area contributed by atoms with E-state index >= 15 is 0 Å². The summed E-state index contributed by atoms with van der Waals surface area (Å²) >= 11 is 0. The van der Waals surface area contributed by atoms with Crippen LogP contribution in [0.1, 0.15) is 39.5 Å². The summed E-state index contributed by atoms with van der Waals surface area (Å²) in [5, 5.41) is 0. The van der Waals surface area contributed by atoms with E-state index in [2.05, 4.69) is 6.92 Å². The molecular formula is C10H20N2O. The van der Waals surface area contributed by atoms with Crippen molar-refractivity contribution in [2.45, 2.75) is 51.6 Å². The van der Waals surface area contributed by atoms with Crippen LogP contribution in [0.4, 0.5) is 0 Å². The fraction of sp³-hybridized carbons (Fsp3) is 0.900. The molecule has 0 saturated carbocycles. The number of nitrogens with zero attached hydrogens (tertiary/aromatic N) is 1. The monoisotopic (exact) mass is 184 g/mol. The van der Waals surface area contributed by atoms with Crippen LogP contribution in [0, 0.1) is 0 Å². The summed E-state index contributed by atoms with van der Waals surface area (Å²) < 4.78 is 0. The molecule has 13 heavy (non-hydrogen) atoms. The predicted octanol–water partition coefficient (Wildman–Crippen LogP) is 1.12. The Bertz CT molecular complexity index is 180. The van der Waals surface area contributed by atoms with E-state index in [1.165, 1.54) is 6.42 Å². The molecule has 1 fully saturated rings. The highest BCUT2D eigenvalue weighted by Crippen LogP contribution is 2.19. The van der Waals surface area contributed by atoms with Crippen molar-refractivity contribution in [3.63, 3.8) is 0 Å². The molecule has 0 spiro atoms. The molecular weight excluding hydrogens is 164 g/mol. The zero-order valence-electron chi connectivity index (χ0n) is 8.62. The van der Waals surface area contributed by atoms with Crippen molar-refractivity contribution in [2.75, 3.05) is 6.54 Å². The van der Waals surface area contributed by atoms with E-state index in [4.69, 9.17) is 5.73 Å². The molecule has 1 amide bonds. The first-order valence-corrected chi connectivity index (χ1v) is 5.23. The van der Waals surface area contributed by atoms with Crippen molar-refractivity contribution in [1.82, 2.24) is 4.90 Å². The molecule has 0 aromatic carbocycles. The van der Waals surface area contributed by atoms with Gasteiger partial charge in [-0.3, -0.25) is 4.79 Å². The molecule has 2 N–H and O–H groups in total. The Labute approximate surface area is 80.3 Å². The van der Waals surface area contributed by atoms with Crippen molar-refractivity contribution in [3.8, 4) is 0 Å². The van der Waals surface area contributed by atoms with Gasteiger partial charge in [0.05, 0.1) is 6.04 Å². The van der Waals surface area contributed by atoms with Gasteiger partial charge in [-0.15, -0.1) is 0 Å². The van der Waals surface area contributed by atoms with Crippen LogP contribution in [0.2, 0.25) is 0 Å². The van der Waals surface area contributed by atoms with Gasteiger partial charge in [0.1, 0.15) is 0 Å². The van der Waals surface area contributed by atoms with Gasteiger partial charge in [-0.2, -0.15) is 0 Å². The lowest BCUT2D eigenvalue weighted by molar-refractivity contribution is -0.135. The molecule has 2 atom stereocenters. The number of hydrogen-bond donors (Lipinski definition) is 1. The average Bonchev–Trinajstić information content (AvgIpc) is 2.16. The first kappa shape index (κ1) is 10.5. The first-order valence-electron chi connectivity index (χ1n) is 5.23. The molecule has 1 aliphatic heterocycles. The summed E-state index contributed by atoms with van der Waals surface area (Å²) in [6, 6.07) is 0.0967. The number of amides is 1. The van der Waals surface area contributed by atoms with Crippen molar-refractivity contribution < 1.29 is 4.79 Å². The van der Waals surface area contributed by atoms with Crippen LogP contribution in [0.15, 0.2) is 0 Å². The number of piperidine rings is 1. The third-order valence-electron chi connectivity index (χ3n) is 2.77. The highest BCUT2D eigenvalue weighted by Gasteiger charge is 2.26. The Balaban J connectivity index is 2.58. The van der Waals surface area contributed by atoms with Crippen LogP contribution in [0.3, 0.4) is 0 Å². The smallest absolute Gasteiger partial charge is 0.239 e. The van der Waals surface area contributed by atoms with Crippen molar-refractivity contribution in [2.24, 2.45) is 5.73 Å². The number of hydrogen-bond acceptors (Lipinski definition) is 2. The molecule has 0 radical (unpaired) electrons. The Kier molecular flexibility index (Phi) is 3.72. The number of carbonyl (C=O) groups excluding carboxylic acids is 1. The lowest BCUT2D eigenvalue weighted by Crippen LogP contribution is -2.49. The van der Waals surface area contributed by atoms with E-state index in [1.54, 1.807) is 6.92 Å². The lowest BCUT2D eigenvalue weighted by Gasteiger charge is -2.36. The highest BCUT2D eigenvalue weighted by molar-refractivity contribution is 5.81. The fourth-order valence-electron chi connectivity index (χ4n) is 1.98. The highest BCUT2D eigenvalue weighted by atomic mass is 16.2. The largest absolute Gasteiger partial charge is 0.338 e. The van der Waals surface area contributed by atoms with E-state index in [1.807, 2.05) is 4.90 Å². The zero-order valence-corrected chi connectivity index (χ0v) is 8.62. The number of likely N-dealkylation sites (tertiary alicyclic amines) is 1. The van der Waals surface area contributed by atoms with E-state index in [0.29, 0.717) is 6.04 Å². The standard InChI is InChI=1S/C10H20N2O/c1-3-9-6-4-5-7-12(9)10(13)8(2)11/h8-9H,3-7,11H2,1-2H3/t8-,9+/m1/s1. The molecule has 0 aromatic rings. The van der Waals surface area contributed by atoms with Crippen LogP contribution in [0.25, 0.3) is 0 Å². The molecule has 1 heterocycles. The van der Waals surface area contributed by atoms with Gasteiger partial charge < -0.3 is 10.6 Å². The molecule has 0 bridgehead atoms. The number of carbonyl (C=O) groups is 1. The molecule has 0 aromatic heterocycles. The third-order valence-corrected chi connectivity index (χ3v) is 2.77. The Morgan fingerprint density at radius 3 is 2.85 bits per heavy atom. The van der Waals surface area contributed by atoms with Crippen molar-refractivity contribution >= 4 is 5.91 Å². The Morgan fingerprint density at radius 1 is 1.62 bits per heavy atom. The zero-order chi connectivity index (χ0) is 9.84. The molecule has 0 unspecified atom stereocenters. The lowest BCUT2D eigenvalue weighted by atomic mass is 9.99. The van der Waals surface area contributed by atoms with E-state index < -0.39 is 0 Å². The quantitative estimate of drug-likeness (QED) is 0.699. The maximum atomic E-state index is 11.7. The van der Waals surface area contributed by atoms with Gasteiger partial charge in [-0.05, 0) is 32.6 Å². The second-order valence-electron chi connectivity index (χ2n) is 3.88. The van der Waals surface area contributed by atoms with Gasteiger partial charge in [-0.25, -0.2) is 0 Å². The molecule has 1 rings (SSSR count). The summed E-state index contributed by atoms with van der Waals surface area (Å²) in [5.41, 5.74) is 5.59. The third kappa shape index (κ3) is 2.44. The van der Waals surface area contributed by atoms with Gasteiger partial charge in [0, 0.05) is 12.6 Å². The number of nitrogens with two attached hydrogens (primary N) is 1. The number of rotatable bonds is 2. The normalized spacial score (nSPS) is 25.8. The Morgan fingerprint density at radius 2 is 2.31 bits per heavy atom. The van der Waals surface area contributed by atoms with Gasteiger partial charge in [0.25, 0.3) is 0 Å². The minimum Gasteiger partial charge on any atom is -0.338 e. The van der Waals surface area contributed by atoms with E-state index in [-0.39, 0.29) is 11.9 Å². The molecule has 76 valence electrons. The van der Waals surface area contributed by atoms with Gasteiger partial charge >= 0.3 is 0 Å². The molecule has 3 heteroatoms. The Hall–Kier alpha value is -0.570. The topological polar surface area (TPSA) is 46.3 Å². The SMILES string of the molecule is CC[C@H]1CCCCN1C(=O)[C@@H](C)N. The first-order chi connectivity index (χ1) is 6.16. The molecule has 1 aliphatic rings.